The number of carbonyl (C=O) groups is 2. The van der Waals surface area contributed by atoms with Crippen molar-refractivity contribution in [2.75, 3.05) is 12.4 Å². The van der Waals surface area contributed by atoms with Crippen LogP contribution in [0.5, 0.6) is 0 Å². The second-order valence-corrected chi connectivity index (χ2v) is 4.76. The number of carbonyl (C=O) groups excluding carboxylic acids is 2. The molecule has 0 amide bonds. The predicted octanol–water partition coefficient (Wildman–Crippen LogP) is 2.97. The van der Waals surface area contributed by atoms with Crippen LogP contribution in [-0.2, 0) is 14.3 Å². The van der Waals surface area contributed by atoms with Crippen molar-refractivity contribution in [2.45, 2.75) is 24.7 Å². The Hall–Kier alpha value is -1.43. The molecule has 0 fully saturated rings. The van der Waals surface area contributed by atoms with Gasteiger partial charge in [-0.25, -0.2) is 8.78 Å². The molecule has 104 valence electrons. The maximum Gasteiger partial charge on any atom is 0.306 e. The smallest absolute Gasteiger partial charge is 0.306 e. The van der Waals surface area contributed by atoms with Gasteiger partial charge in [-0.1, -0.05) is 0 Å². The molecule has 0 bridgehead atoms. The molecule has 1 aromatic rings. The summed E-state index contributed by atoms with van der Waals surface area (Å²) >= 11 is 1.11. The number of halogens is 2. The standard InChI is InChI=1S/C13H14F2O3S/c1-2-18-13(17)6-3-9(16)8-19-10-4-5-11(14)12(15)7-10/h4-5,7H,2-3,6,8H2,1H3. The van der Waals surface area contributed by atoms with Crippen LogP contribution in [0.1, 0.15) is 19.8 Å². The zero-order chi connectivity index (χ0) is 14.3. The lowest BCUT2D eigenvalue weighted by molar-refractivity contribution is -0.144. The highest BCUT2D eigenvalue weighted by atomic mass is 32.2. The van der Waals surface area contributed by atoms with Gasteiger partial charge in [-0.05, 0) is 25.1 Å². The lowest BCUT2D eigenvalue weighted by Crippen LogP contribution is -2.09. The fourth-order valence-corrected chi connectivity index (χ4v) is 2.10. The topological polar surface area (TPSA) is 43.4 Å². The second-order valence-electron chi connectivity index (χ2n) is 3.71. The van der Waals surface area contributed by atoms with Gasteiger partial charge in [0.15, 0.2) is 11.6 Å². The molecule has 1 rings (SSSR count). The molecule has 6 heteroatoms. The highest BCUT2D eigenvalue weighted by molar-refractivity contribution is 8.00. The van der Waals surface area contributed by atoms with Gasteiger partial charge in [0.05, 0.1) is 18.8 Å². The molecule has 0 atom stereocenters. The lowest BCUT2D eigenvalue weighted by Gasteiger charge is -2.03. The van der Waals surface area contributed by atoms with E-state index in [1.807, 2.05) is 0 Å². The Labute approximate surface area is 114 Å². The van der Waals surface area contributed by atoms with Crippen molar-refractivity contribution in [2.24, 2.45) is 0 Å². The SMILES string of the molecule is CCOC(=O)CCC(=O)CSc1ccc(F)c(F)c1. The van der Waals surface area contributed by atoms with Gasteiger partial charge in [0.2, 0.25) is 0 Å². The first-order valence-electron chi connectivity index (χ1n) is 5.78. The Morgan fingerprint density at radius 3 is 2.58 bits per heavy atom. The Balaban J connectivity index is 2.33. The van der Waals surface area contributed by atoms with Crippen LogP contribution in [0.25, 0.3) is 0 Å². The fourth-order valence-electron chi connectivity index (χ4n) is 1.28. The fraction of sp³-hybridized carbons (Fsp3) is 0.385. The summed E-state index contributed by atoms with van der Waals surface area (Å²) in [5.41, 5.74) is 0. The lowest BCUT2D eigenvalue weighted by atomic mass is 10.2. The van der Waals surface area contributed by atoms with Crippen molar-refractivity contribution < 1.29 is 23.1 Å². The predicted molar refractivity (Wildman–Crippen MR) is 68.0 cm³/mol. The van der Waals surface area contributed by atoms with E-state index < -0.39 is 17.6 Å². The summed E-state index contributed by atoms with van der Waals surface area (Å²) in [7, 11) is 0. The van der Waals surface area contributed by atoms with Gasteiger partial charge in [-0.15, -0.1) is 11.8 Å². The summed E-state index contributed by atoms with van der Waals surface area (Å²) in [5.74, 6) is -2.29. The van der Waals surface area contributed by atoms with Crippen LogP contribution in [0.4, 0.5) is 8.78 Å². The molecule has 0 saturated heterocycles. The van der Waals surface area contributed by atoms with Gasteiger partial charge < -0.3 is 4.74 Å². The summed E-state index contributed by atoms with van der Waals surface area (Å²) in [5, 5.41) is 0. The van der Waals surface area contributed by atoms with E-state index in [9.17, 15) is 18.4 Å². The summed E-state index contributed by atoms with van der Waals surface area (Å²) in [6.07, 6.45) is 0.139. The molecule has 0 heterocycles. The second kappa shape index (κ2) is 7.89. The van der Waals surface area contributed by atoms with Crippen LogP contribution >= 0.6 is 11.8 Å². The maximum absolute atomic E-state index is 12.9. The zero-order valence-corrected chi connectivity index (χ0v) is 11.3. The number of hydrogen-bond donors (Lipinski definition) is 0. The molecule has 0 spiro atoms. The largest absolute Gasteiger partial charge is 0.466 e. The number of Topliss-reactive ketones (excluding diaryl/α,β-unsaturated/α-hetero) is 1. The third kappa shape index (κ3) is 5.83. The molecule has 3 nitrogen and oxygen atoms in total. The number of rotatable bonds is 7. The normalized spacial score (nSPS) is 10.3. The molecule has 19 heavy (non-hydrogen) atoms. The minimum absolute atomic E-state index is 0.0466. The minimum atomic E-state index is -0.941. The van der Waals surface area contributed by atoms with Gasteiger partial charge in [0.25, 0.3) is 0 Å². The van der Waals surface area contributed by atoms with Crippen LogP contribution in [0.15, 0.2) is 23.1 Å². The molecular formula is C13H14F2O3S. The number of hydrogen-bond acceptors (Lipinski definition) is 4. The summed E-state index contributed by atoms with van der Waals surface area (Å²) in [4.78, 5) is 23.0. The first-order chi connectivity index (χ1) is 9.02. The first-order valence-corrected chi connectivity index (χ1v) is 6.76. The van der Waals surface area contributed by atoms with Crippen molar-refractivity contribution in [3.05, 3.63) is 29.8 Å². The third-order valence-electron chi connectivity index (χ3n) is 2.20. The minimum Gasteiger partial charge on any atom is -0.466 e. The van der Waals surface area contributed by atoms with E-state index in [-0.39, 0.29) is 31.0 Å². The van der Waals surface area contributed by atoms with Crippen LogP contribution in [0.2, 0.25) is 0 Å². The Kier molecular flexibility index (Phi) is 6.49. The van der Waals surface area contributed by atoms with E-state index in [0.717, 1.165) is 23.9 Å². The average molecular weight is 288 g/mol. The molecule has 0 saturated carbocycles. The monoisotopic (exact) mass is 288 g/mol. The van der Waals surface area contributed by atoms with Crippen molar-refractivity contribution in [3.8, 4) is 0 Å². The molecule has 0 N–H and O–H groups in total. The number of benzene rings is 1. The number of ether oxygens (including phenoxy) is 1. The molecule has 0 radical (unpaired) electrons. The molecule has 0 aliphatic heterocycles. The van der Waals surface area contributed by atoms with Crippen LogP contribution in [0.3, 0.4) is 0 Å². The van der Waals surface area contributed by atoms with E-state index >= 15 is 0 Å². The van der Waals surface area contributed by atoms with Crippen molar-refractivity contribution in [1.29, 1.82) is 0 Å². The van der Waals surface area contributed by atoms with E-state index in [2.05, 4.69) is 0 Å². The molecular weight excluding hydrogens is 274 g/mol. The van der Waals surface area contributed by atoms with Gasteiger partial charge >= 0.3 is 5.97 Å². The van der Waals surface area contributed by atoms with E-state index in [1.54, 1.807) is 6.92 Å². The van der Waals surface area contributed by atoms with E-state index in [4.69, 9.17) is 4.74 Å². The number of esters is 1. The van der Waals surface area contributed by atoms with Gasteiger partial charge in [-0.3, -0.25) is 9.59 Å². The number of thioether (sulfide) groups is 1. The highest BCUT2D eigenvalue weighted by Gasteiger charge is 2.09. The Morgan fingerprint density at radius 1 is 1.21 bits per heavy atom. The molecule has 0 aromatic heterocycles. The third-order valence-corrected chi connectivity index (χ3v) is 3.26. The van der Waals surface area contributed by atoms with E-state index in [1.165, 1.54) is 6.07 Å². The van der Waals surface area contributed by atoms with Gasteiger partial charge in [0.1, 0.15) is 5.78 Å². The molecule has 0 aliphatic rings. The average Bonchev–Trinajstić information content (AvgIpc) is 2.38. The molecule has 1 aromatic carbocycles. The van der Waals surface area contributed by atoms with Gasteiger partial charge in [0, 0.05) is 11.3 Å². The van der Waals surface area contributed by atoms with Crippen molar-refractivity contribution in [3.63, 3.8) is 0 Å². The Bertz CT molecular complexity index is 463. The Morgan fingerprint density at radius 2 is 1.95 bits per heavy atom. The van der Waals surface area contributed by atoms with Crippen LogP contribution in [0, 0.1) is 11.6 Å². The number of ketones is 1. The summed E-state index contributed by atoms with van der Waals surface area (Å²) in [6.45, 7) is 1.98. The van der Waals surface area contributed by atoms with Crippen LogP contribution < -0.4 is 0 Å². The van der Waals surface area contributed by atoms with Crippen molar-refractivity contribution in [1.82, 2.24) is 0 Å². The van der Waals surface area contributed by atoms with Gasteiger partial charge in [-0.2, -0.15) is 0 Å². The van der Waals surface area contributed by atoms with E-state index in [0.29, 0.717) is 4.90 Å². The molecule has 0 aliphatic carbocycles. The zero-order valence-electron chi connectivity index (χ0n) is 10.4. The van der Waals surface area contributed by atoms with Crippen molar-refractivity contribution >= 4 is 23.5 Å². The molecule has 0 unspecified atom stereocenters. The maximum atomic E-state index is 12.9. The first kappa shape index (κ1) is 15.6. The quantitative estimate of drug-likeness (QED) is 0.571. The van der Waals surface area contributed by atoms with Crippen LogP contribution in [-0.4, -0.2) is 24.1 Å². The summed E-state index contributed by atoms with van der Waals surface area (Å²) < 4.78 is 30.3. The summed E-state index contributed by atoms with van der Waals surface area (Å²) in [6, 6.07) is 3.46. The highest BCUT2D eigenvalue weighted by Crippen LogP contribution is 2.20.